The smallest absolute Gasteiger partial charge is 0.128 e. The van der Waals surface area contributed by atoms with Crippen molar-refractivity contribution in [3.8, 4) is 0 Å². The van der Waals surface area contributed by atoms with E-state index in [1.54, 1.807) is 6.07 Å². The molecule has 0 amide bonds. The molecule has 0 aromatic heterocycles. The van der Waals surface area contributed by atoms with E-state index in [0.29, 0.717) is 16.9 Å². The lowest BCUT2D eigenvalue weighted by Crippen LogP contribution is -2.20. The highest BCUT2D eigenvalue weighted by Crippen LogP contribution is 2.31. The zero-order chi connectivity index (χ0) is 14.8. The lowest BCUT2D eigenvalue weighted by Gasteiger charge is -2.26. The van der Waals surface area contributed by atoms with E-state index in [2.05, 4.69) is 27.7 Å². The molecule has 2 N–H and O–H groups in total. The molecular formula is C17H28FN. The Morgan fingerprint density at radius 3 is 2.26 bits per heavy atom. The summed E-state index contributed by atoms with van der Waals surface area (Å²) < 4.78 is 14.1. The number of benzene rings is 1. The number of hydrogen-bond donors (Lipinski definition) is 1. The molecule has 0 spiro atoms. The maximum absolute atomic E-state index is 14.1. The Morgan fingerprint density at radius 1 is 1.21 bits per heavy atom. The summed E-state index contributed by atoms with van der Waals surface area (Å²) in [4.78, 5) is 0. The number of nitrogens with two attached hydrogens (primary N) is 1. The molecule has 19 heavy (non-hydrogen) atoms. The van der Waals surface area contributed by atoms with Crippen LogP contribution >= 0.6 is 0 Å². The average Bonchev–Trinajstić information content (AvgIpc) is 2.10. The summed E-state index contributed by atoms with van der Waals surface area (Å²) in [7, 11) is 0. The molecule has 0 bridgehead atoms. The van der Waals surface area contributed by atoms with Gasteiger partial charge in [0.25, 0.3) is 0 Å². The molecule has 0 aliphatic heterocycles. The van der Waals surface area contributed by atoms with Gasteiger partial charge in [0.1, 0.15) is 5.82 Å². The van der Waals surface area contributed by atoms with Crippen LogP contribution in [0.25, 0.3) is 0 Å². The fourth-order valence-corrected chi connectivity index (χ4v) is 3.08. The second-order valence-corrected chi connectivity index (χ2v) is 7.19. The van der Waals surface area contributed by atoms with Crippen LogP contribution in [0.2, 0.25) is 0 Å². The van der Waals surface area contributed by atoms with Crippen molar-refractivity contribution < 1.29 is 4.39 Å². The highest BCUT2D eigenvalue weighted by atomic mass is 19.1. The fraction of sp³-hybridized carbons (Fsp3) is 0.647. The molecule has 1 aromatic carbocycles. The first-order chi connectivity index (χ1) is 8.60. The normalized spacial score (nSPS) is 15.4. The molecule has 1 nitrogen and oxygen atoms in total. The topological polar surface area (TPSA) is 26.0 Å². The van der Waals surface area contributed by atoms with Gasteiger partial charge in [-0.1, -0.05) is 33.8 Å². The fourth-order valence-electron chi connectivity index (χ4n) is 3.08. The highest BCUT2D eigenvalue weighted by Gasteiger charge is 2.21. The molecule has 2 heteroatoms. The maximum atomic E-state index is 14.1. The molecular weight excluding hydrogens is 237 g/mol. The number of aryl methyl sites for hydroxylation is 2. The van der Waals surface area contributed by atoms with Gasteiger partial charge in [0.05, 0.1) is 0 Å². The van der Waals surface area contributed by atoms with Gasteiger partial charge in [-0.3, -0.25) is 0 Å². The minimum atomic E-state index is -0.210. The summed E-state index contributed by atoms with van der Waals surface area (Å²) in [6.07, 6.45) is 1.94. The molecule has 2 atom stereocenters. The molecule has 0 radical (unpaired) electrons. The second-order valence-electron chi connectivity index (χ2n) is 7.19. The van der Waals surface area contributed by atoms with Gasteiger partial charge in [-0.15, -0.1) is 0 Å². The standard InChI is InChI=1S/C17H28FN/c1-11-7-13(3)16(14(18)8-11)15(19)9-12(2)10-17(4,5)6/h7-8,12,15H,9-10,19H2,1-6H3. The molecule has 0 saturated carbocycles. The van der Waals surface area contributed by atoms with Gasteiger partial charge in [0.15, 0.2) is 0 Å². The van der Waals surface area contributed by atoms with Crippen molar-refractivity contribution >= 4 is 0 Å². The molecule has 0 fully saturated rings. The predicted molar refractivity (Wildman–Crippen MR) is 80.7 cm³/mol. The molecule has 108 valence electrons. The predicted octanol–water partition coefficient (Wildman–Crippen LogP) is 4.90. The van der Waals surface area contributed by atoms with E-state index in [1.807, 2.05) is 19.9 Å². The number of halogens is 1. The van der Waals surface area contributed by atoms with Crippen molar-refractivity contribution in [3.05, 3.63) is 34.6 Å². The number of rotatable bonds is 4. The lowest BCUT2D eigenvalue weighted by atomic mass is 9.81. The highest BCUT2D eigenvalue weighted by molar-refractivity contribution is 5.34. The number of hydrogen-bond acceptors (Lipinski definition) is 1. The Bertz CT molecular complexity index is 408. The van der Waals surface area contributed by atoms with Crippen LogP contribution < -0.4 is 5.73 Å². The van der Waals surface area contributed by atoms with Gasteiger partial charge in [0.2, 0.25) is 0 Å². The van der Waals surface area contributed by atoms with Crippen LogP contribution in [-0.2, 0) is 0 Å². The van der Waals surface area contributed by atoms with E-state index < -0.39 is 0 Å². The average molecular weight is 265 g/mol. The van der Waals surface area contributed by atoms with Crippen molar-refractivity contribution in [2.24, 2.45) is 17.1 Å². The Morgan fingerprint density at radius 2 is 1.79 bits per heavy atom. The van der Waals surface area contributed by atoms with Crippen LogP contribution in [0.1, 0.15) is 63.3 Å². The molecule has 1 rings (SSSR count). The van der Waals surface area contributed by atoms with E-state index >= 15 is 0 Å². The van der Waals surface area contributed by atoms with Gasteiger partial charge in [0, 0.05) is 11.6 Å². The summed E-state index contributed by atoms with van der Waals surface area (Å²) in [5.74, 6) is 0.336. The summed E-state index contributed by atoms with van der Waals surface area (Å²) >= 11 is 0. The Kier molecular flexibility index (Phi) is 5.14. The van der Waals surface area contributed by atoms with Crippen LogP contribution in [-0.4, -0.2) is 0 Å². The van der Waals surface area contributed by atoms with Gasteiger partial charge < -0.3 is 5.73 Å². The third kappa shape index (κ3) is 4.94. The largest absolute Gasteiger partial charge is 0.324 e. The van der Waals surface area contributed by atoms with Crippen LogP contribution in [0.4, 0.5) is 4.39 Å². The minimum Gasteiger partial charge on any atom is -0.324 e. The monoisotopic (exact) mass is 265 g/mol. The summed E-state index contributed by atoms with van der Waals surface area (Å²) in [6, 6.07) is 3.38. The summed E-state index contributed by atoms with van der Waals surface area (Å²) in [6.45, 7) is 12.7. The van der Waals surface area contributed by atoms with Crippen molar-refractivity contribution in [2.45, 2.75) is 60.4 Å². The van der Waals surface area contributed by atoms with Gasteiger partial charge in [-0.25, -0.2) is 4.39 Å². The van der Waals surface area contributed by atoms with E-state index in [1.165, 1.54) is 0 Å². The van der Waals surface area contributed by atoms with Crippen molar-refractivity contribution in [1.29, 1.82) is 0 Å². The SMILES string of the molecule is Cc1cc(C)c(C(N)CC(C)CC(C)(C)C)c(F)c1. The van der Waals surface area contributed by atoms with Gasteiger partial charge >= 0.3 is 0 Å². The summed E-state index contributed by atoms with van der Waals surface area (Å²) in [5, 5.41) is 0. The third-order valence-electron chi connectivity index (χ3n) is 3.47. The first-order valence-corrected chi connectivity index (χ1v) is 7.12. The quantitative estimate of drug-likeness (QED) is 0.823. The molecule has 0 saturated heterocycles. The Balaban J connectivity index is 2.81. The third-order valence-corrected chi connectivity index (χ3v) is 3.47. The first-order valence-electron chi connectivity index (χ1n) is 7.12. The van der Waals surface area contributed by atoms with Crippen LogP contribution in [0, 0.1) is 31.0 Å². The molecule has 0 aliphatic rings. The van der Waals surface area contributed by atoms with E-state index in [0.717, 1.165) is 24.0 Å². The van der Waals surface area contributed by atoms with Gasteiger partial charge in [-0.05, 0) is 55.2 Å². The second kappa shape index (κ2) is 6.04. The van der Waals surface area contributed by atoms with Gasteiger partial charge in [-0.2, -0.15) is 0 Å². The van der Waals surface area contributed by atoms with Crippen LogP contribution in [0.15, 0.2) is 12.1 Å². The van der Waals surface area contributed by atoms with E-state index in [4.69, 9.17) is 5.73 Å². The van der Waals surface area contributed by atoms with Crippen molar-refractivity contribution in [2.75, 3.05) is 0 Å². The first kappa shape index (κ1) is 16.2. The molecule has 1 aromatic rings. The lowest BCUT2D eigenvalue weighted by molar-refractivity contribution is 0.285. The Hall–Kier alpha value is -0.890. The zero-order valence-corrected chi connectivity index (χ0v) is 13.2. The van der Waals surface area contributed by atoms with Crippen molar-refractivity contribution in [3.63, 3.8) is 0 Å². The molecule has 0 aliphatic carbocycles. The van der Waals surface area contributed by atoms with Crippen LogP contribution in [0.3, 0.4) is 0 Å². The molecule has 0 heterocycles. The summed E-state index contributed by atoms with van der Waals surface area (Å²) in [5.41, 5.74) is 9.12. The van der Waals surface area contributed by atoms with Crippen LogP contribution in [0.5, 0.6) is 0 Å². The van der Waals surface area contributed by atoms with E-state index in [9.17, 15) is 4.39 Å². The zero-order valence-electron chi connectivity index (χ0n) is 13.2. The minimum absolute atomic E-state index is 0.159. The Labute approximate surface area is 117 Å². The van der Waals surface area contributed by atoms with E-state index in [-0.39, 0.29) is 11.9 Å². The maximum Gasteiger partial charge on any atom is 0.128 e. The van der Waals surface area contributed by atoms with Crippen molar-refractivity contribution in [1.82, 2.24) is 0 Å². The molecule has 2 unspecified atom stereocenters.